The summed E-state index contributed by atoms with van der Waals surface area (Å²) in [5.41, 5.74) is 7.07. The van der Waals surface area contributed by atoms with Crippen LogP contribution in [0.1, 0.15) is 16.5 Å². The SMILES string of the molecule is NC(Cc1ccc(F)c(Br)c1)c1ccc(Cl)s1. The summed E-state index contributed by atoms with van der Waals surface area (Å²) in [7, 11) is 0. The standard InChI is InChI=1S/C12H10BrClFNS/c13-8-5-7(1-2-9(8)15)6-10(16)11-3-4-12(14)17-11/h1-5,10H,6,16H2. The van der Waals surface area contributed by atoms with Crippen molar-refractivity contribution in [3.63, 3.8) is 0 Å². The van der Waals surface area contributed by atoms with Gasteiger partial charge in [-0.1, -0.05) is 17.7 Å². The Morgan fingerprint density at radius 1 is 1.35 bits per heavy atom. The third-order valence-electron chi connectivity index (χ3n) is 2.40. The summed E-state index contributed by atoms with van der Waals surface area (Å²) in [6, 6.07) is 8.59. The Morgan fingerprint density at radius 2 is 2.12 bits per heavy atom. The van der Waals surface area contributed by atoms with E-state index in [2.05, 4.69) is 15.9 Å². The minimum Gasteiger partial charge on any atom is -0.323 e. The summed E-state index contributed by atoms with van der Waals surface area (Å²) in [6.45, 7) is 0. The Kier molecular flexibility index (Phi) is 4.20. The van der Waals surface area contributed by atoms with Crippen molar-refractivity contribution in [3.05, 3.63) is 55.4 Å². The first-order valence-electron chi connectivity index (χ1n) is 5.01. The van der Waals surface area contributed by atoms with E-state index in [0.717, 1.165) is 14.8 Å². The lowest BCUT2D eigenvalue weighted by atomic mass is 10.1. The van der Waals surface area contributed by atoms with Crippen LogP contribution in [0.3, 0.4) is 0 Å². The molecule has 0 amide bonds. The van der Waals surface area contributed by atoms with Crippen molar-refractivity contribution in [2.24, 2.45) is 5.73 Å². The maximum absolute atomic E-state index is 13.1. The molecule has 2 rings (SSSR count). The molecule has 0 aliphatic rings. The number of hydrogen-bond acceptors (Lipinski definition) is 2. The molecule has 0 fully saturated rings. The first kappa shape index (κ1) is 13.0. The average Bonchev–Trinajstić information content (AvgIpc) is 2.70. The summed E-state index contributed by atoms with van der Waals surface area (Å²) in [6.07, 6.45) is 0.662. The van der Waals surface area contributed by atoms with Gasteiger partial charge >= 0.3 is 0 Å². The van der Waals surface area contributed by atoms with Crippen LogP contribution in [-0.4, -0.2) is 0 Å². The maximum Gasteiger partial charge on any atom is 0.137 e. The van der Waals surface area contributed by atoms with E-state index in [0.29, 0.717) is 10.9 Å². The predicted octanol–water partition coefficient (Wildman–Crippen LogP) is 4.55. The van der Waals surface area contributed by atoms with Gasteiger partial charge in [-0.3, -0.25) is 0 Å². The first-order chi connectivity index (χ1) is 8.06. The van der Waals surface area contributed by atoms with Gasteiger partial charge in [0, 0.05) is 10.9 Å². The molecule has 0 radical (unpaired) electrons. The van der Waals surface area contributed by atoms with Gasteiger partial charge in [0.15, 0.2) is 0 Å². The highest BCUT2D eigenvalue weighted by Crippen LogP contribution is 2.28. The molecule has 1 unspecified atom stereocenters. The van der Waals surface area contributed by atoms with E-state index in [1.165, 1.54) is 17.4 Å². The van der Waals surface area contributed by atoms with Gasteiger partial charge in [0.05, 0.1) is 8.81 Å². The van der Waals surface area contributed by atoms with Crippen LogP contribution >= 0.6 is 38.9 Å². The second-order valence-corrected chi connectivity index (χ2v) is 6.30. The molecule has 1 heterocycles. The van der Waals surface area contributed by atoms with Gasteiger partial charge < -0.3 is 5.73 Å². The third kappa shape index (κ3) is 3.28. The number of benzene rings is 1. The topological polar surface area (TPSA) is 26.0 Å². The van der Waals surface area contributed by atoms with Crippen molar-refractivity contribution < 1.29 is 4.39 Å². The van der Waals surface area contributed by atoms with Crippen LogP contribution in [0.4, 0.5) is 4.39 Å². The number of thiophene rings is 1. The van der Waals surface area contributed by atoms with Crippen LogP contribution in [0.15, 0.2) is 34.8 Å². The molecule has 0 aliphatic heterocycles. The molecule has 1 aromatic heterocycles. The minimum atomic E-state index is -0.263. The van der Waals surface area contributed by atoms with Gasteiger partial charge in [0.1, 0.15) is 5.82 Å². The zero-order chi connectivity index (χ0) is 12.4. The number of halogens is 3. The lowest BCUT2D eigenvalue weighted by Gasteiger charge is -2.10. The molecule has 1 nitrogen and oxygen atoms in total. The highest BCUT2D eigenvalue weighted by atomic mass is 79.9. The zero-order valence-electron chi connectivity index (χ0n) is 8.79. The van der Waals surface area contributed by atoms with Crippen LogP contribution < -0.4 is 5.73 Å². The first-order valence-corrected chi connectivity index (χ1v) is 7.00. The van der Waals surface area contributed by atoms with Gasteiger partial charge in [-0.25, -0.2) is 4.39 Å². The fourth-order valence-electron chi connectivity index (χ4n) is 1.55. The van der Waals surface area contributed by atoms with Crippen molar-refractivity contribution in [2.75, 3.05) is 0 Å². The van der Waals surface area contributed by atoms with Gasteiger partial charge in [-0.15, -0.1) is 11.3 Å². The summed E-state index contributed by atoms with van der Waals surface area (Å²) in [5.74, 6) is -0.263. The van der Waals surface area contributed by atoms with Crippen molar-refractivity contribution in [1.29, 1.82) is 0 Å². The second kappa shape index (κ2) is 5.48. The van der Waals surface area contributed by atoms with Crippen molar-refractivity contribution in [1.82, 2.24) is 0 Å². The molecule has 17 heavy (non-hydrogen) atoms. The van der Waals surface area contributed by atoms with Crippen LogP contribution in [0, 0.1) is 5.82 Å². The second-order valence-electron chi connectivity index (χ2n) is 3.70. The van der Waals surface area contributed by atoms with Crippen LogP contribution in [0.5, 0.6) is 0 Å². The molecule has 2 aromatic rings. The maximum atomic E-state index is 13.1. The highest BCUT2D eigenvalue weighted by molar-refractivity contribution is 9.10. The van der Waals surface area contributed by atoms with Gasteiger partial charge in [0.25, 0.3) is 0 Å². The Balaban J connectivity index is 2.12. The molecule has 90 valence electrons. The van der Waals surface area contributed by atoms with E-state index in [9.17, 15) is 4.39 Å². The Morgan fingerprint density at radius 3 is 2.71 bits per heavy atom. The molecule has 0 saturated heterocycles. The molecule has 0 saturated carbocycles. The minimum absolute atomic E-state index is 0.107. The fraction of sp³-hybridized carbons (Fsp3) is 0.167. The summed E-state index contributed by atoms with van der Waals surface area (Å²) >= 11 is 10.5. The molecule has 0 spiro atoms. The summed E-state index contributed by atoms with van der Waals surface area (Å²) in [4.78, 5) is 1.04. The smallest absolute Gasteiger partial charge is 0.137 e. The van der Waals surface area contributed by atoms with Gasteiger partial charge in [-0.2, -0.15) is 0 Å². The van der Waals surface area contributed by atoms with Gasteiger partial charge in [-0.05, 0) is 52.2 Å². The fourth-order valence-corrected chi connectivity index (χ4v) is 3.04. The Labute approximate surface area is 117 Å². The normalized spacial score (nSPS) is 12.7. The molecule has 5 heteroatoms. The lowest BCUT2D eigenvalue weighted by Crippen LogP contribution is -2.11. The zero-order valence-corrected chi connectivity index (χ0v) is 11.9. The third-order valence-corrected chi connectivity index (χ3v) is 4.37. The highest BCUT2D eigenvalue weighted by Gasteiger charge is 2.10. The predicted molar refractivity (Wildman–Crippen MR) is 74.1 cm³/mol. The lowest BCUT2D eigenvalue weighted by molar-refractivity contribution is 0.619. The van der Waals surface area contributed by atoms with Gasteiger partial charge in [0.2, 0.25) is 0 Å². The molecule has 1 atom stereocenters. The average molecular weight is 335 g/mol. The quantitative estimate of drug-likeness (QED) is 0.876. The van der Waals surface area contributed by atoms with Crippen LogP contribution in [-0.2, 0) is 6.42 Å². The van der Waals surface area contributed by atoms with E-state index in [1.807, 2.05) is 12.1 Å². The molecule has 1 aromatic carbocycles. The Hall–Kier alpha value is -0.420. The van der Waals surface area contributed by atoms with Crippen LogP contribution in [0.25, 0.3) is 0 Å². The van der Waals surface area contributed by atoms with Crippen LogP contribution in [0.2, 0.25) is 4.34 Å². The molecule has 0 aliphatic carbocycles. The molecular weight excluding hydrogens is 325 g/mol. The summed E-state index contributed by atoms with van der Waals surface area (Å²) in [5, 5.41) is 0. The van der Waals surface area contributed by atoms with Crippen molar-refractivity contribution in [3.8, 4) is 0 Å². The van der Waals surface area contributed by atoms with E-state index in [1.54, 1.807) is 12.1 Å². The van der Waals surface area contributed by atoms with E-state index >= 15 is 0 Å². The van der Waals surface area contributed by atoms with Crippen molar-refractivity contribution in [2.45, 2.75) is 12.5 Å². The number of rotatable bonds is 3. The molecular formula is C12H10BrClFNS. The molecule has 2 N–H and O–H groups in total. The Bertz CT molecular complexity index is 529. The number of hydrogen-bond donors (Lipinski definition) is 1. The van der Waals surface area contributed by atoms with E-state index in [-0.39, 0.29) is 11.9 Å². The monoisotopic (exact) mass is 333 g/mol. The largest absolute Gasteiger partial charge is 0.323 e. The molecule has 0 bridgehead atoms. The summed E-state index contributed by atoms with van der Waals surface area (Å²) < 4.78 is 14.3. The van der Waals surface area contributed by atoms with Crippen molar-refractivity contribution >= 4 is 38.9 Å². The van der Waals surface area contributed by atoms with E-state index < -0.39 is 0 Å². The number of nitrogens with two attached hydrogens (primary N) is 1. The van der Waals surface area contributed by atoms with E-state index in [4.69, 9.17) is 17.3 Å².